The number of aromatic nitrogens is 3. The van der Waals surface area contributed by atoms with E-state index in [2.05, 4.69) is 28.4 Å². The van der Waals surface area contributed by atoms with Crippen LogP contribution in [-0.4, -0.2) is 32.4 Å². The number of rotatable bonds is 7. The van der Waals surface area contributed by atoms with Crippen molar-refractivity contribution in [3.05, 3.63) is 34.3 Å². The summed E-state index contributed by atoms with van der Waals surface area (Å²) >= 11 is 1.67. The third-order valence-corrected chi connectivity index (χ3v) is 4.80. The molecule has 0 fully saturated rings. The Labute approximate surface area is 136 Å². The van der Waals surface area contributed by atoms with Crippen LogP contribution in [0.5, 0.6) is 0 Å². The Morgan fingerprint density at radius 2 is 2.23 bits per heavy atom. The first-order chi connectivity index (χ1) is 10.5. The summed E-state index contributed by atoms with van der Waals surface area (Å²) in [5.41, 5.74) is 0.981. The Bertz CT molecular complexity index is 617. The molecule has 2 aromatic heterocycles. The molecule has 0 atom stereocenters. The van der Waals surface area contributed by atoms with Crippen LogP contribution in [0.2, 0.25) is 0 Å². The monoisotopic (exact) mass is 320 g/mol. The summed E-state index contributed by atoms with van der Waals surface area (Å²) in [5.74, 6) is 1.60. The zero-order valence-corrected chi connectivity index (χ0v) is 14.6. The first kappa shape index (κ1) is 16.7. The average Bonchev–Trinajstić information content (AvgIpc) is 3.08. The van der Waals surface area contributed by atoms with Crippen molar-refractivity contribution in [1.29, 1.82) is 0 Å². The van der Waals surface area contributed by atoms with Gasteiger partial charge in [-0.25, -0.2) is 9.97 Å². The van der Waals surface area contributed by atoms with Gasteiger partial charge in [-0.05, 0) is 13.3 Å². The molecule has 5 nitrogen and oxygen atoms in total. The van der Waals surface area contributed by atoms with Crippen molar-refractivity contribution in [2.24, 2.45) is 0 Å². The number of nitrogens with zero attached hydrogens (tertiary/aromatic N) is 4. The van der Waals surface area contributed by atoms with Crippen LogP contribution >= 0.6 is 11.3 Å². The van der Waals surface area contributed by atoms with Gasteiger partial charge in [-0.15, -0.1) is 11.3 Å². The van der Waals surface area contributed by atoms with Gasteiger partial charge in [-0.1, -0.05) is 13.8 Å². The molecule has 0 aliphatic rings. The van der Waals surface area contributed by atoms with Crippen LogP contribution in [0.1, 0.15) is 49.1 Å². The van der Waals surface area contributed by atoms with Crippen molar-refractivity contribution < 1.29 is 4.79 Å². The van der Waals surface area contributed by atoms with Gasteiger partial charge < -0.3 is 9.47 Å². The maximum atomic E-state index is 12.2. The molecule has 0 radical (unpaired) electrons. The summed E-state index contributed by atoms with van der Waals surface area (Å²) < 4.78 is 2.07. The summed E-state index contributed by atoms with van der Waals surface area (Å²) in [4.78, 5) is 22.7. The van der Waals surface area contributed by atoms with Crippen molar-refractivity contribution in [2.75, 3.05) is 7.05 Å². The first-order valence-corrected chi connectivity index (χ1v) is 8.51. The number of hydrogen-bond acceptors (Lipinski definition) is 4. The highest BCUT2D eigenvalue weighted by Gasteiger charge is 2.12. The van der Waals surface area contributed by atoms with E-state index in [4.69, 9.17) is 0 Å². The van der Waals surface area contributed by atoms with Crippen molar-refractivity contribution in [1.82, 2.24) is 19.4 Å². The molecule has 0 saturated heterocycles. The van der Waals surface area contributed by atoms with E-state index in [0.717, 1.165) is 29.5 Å². The second-order valence-corrected chi connectivity index (χ2v) is 6.74. The highest BCUT2D eigenvalue weighted by atomic mass is 32.1. The third-order valence-electron chi connectivity index (χ3n) is 3.60. The topological polar surface area (TPSA) is 51.0 Å². The largest absolute Gasteiger partial charge is 0.340 e. The van der Waals surface area contributed by atoms with Crippen LogP contribution in [0.3, 0.4) is 0 Å². The Hall–Kier alpha value is -1.69. The first-order valence-electron chi connectivity index (χ1n) is 7.63. The fourth-order valence-corrected chi connectivity index (χ4v) is 3.05. The van der Waals surface area contributed by atoms with E-state index in [-0.39, 0.29) is 5.91 Å². The molecule has 0 spiro atoms. The van der Waals surface area contributed by atoms with E-state index in [0.29, 0.717) is 18.9 Å². The van der Waals surface area contributed by atoms with Gasteiger partial charge in [0.25, 0.3) is 0 Å². The molecule has 2 aromatic rings. The smallest absolute Gasteiger partial charge is 0.222 e. The Balaban J connectivity index is 1.77. The fraction of sp³-hybridized carbons (Fsp3) is 0.562. The van der Waals surface area contributed by atoms with Crippen LogP contribution in [0.25, 0.3) is 0 Å². The van der Waals surface area contributed by atoms with Gasteiger partial charge >= 0.3 is 0 Å². The fourth-order valence-electron chi connectivity index (χ4n) is 2.22. The zero-order valence-electron chi connectivity index (χ0n) is 13.7. The molecule has 0 aliphatic carbocycles. The highest BCUT2D eigenvalue weighted by Crippen LogP contribution is 2.20. The molecule has 0 unspecified atom stereocenters. The van der Waals surface area contributed by atoms with Gasteiger partial charge in [0, 0.05) is 43.7 Å². The SMILES string of the molecule is Cc1nccn1CCCC(=O)N(C)Cc1csc(C(C)C)n1. The number of aryl methyl sites for hydroxylation is 2. The molecule has 0 bridgehead atoms. The predicted octanol–water partition coefficient (Wildman–Crippen LogP) is 3.21. The summed E-state index contributed by atoms with van der Waals surface area (Å²) in [7, 11) is 1.85. The van der Waals surface area contributed by atoms with E-state index < -0.39 is 0 Å². The van der Waals surface area contributed by atoms with Crippen LogP contribution < -0.4 is 0 Å². The van der Waals surface area contributed by atoms with Crippen LogP contribution in [0, 0.1) is 6.92 Å². The maximum absolute atomic E-state index is 12.2. The lowest BCUT2D eigenvalue weighted by Gasteiger charge is -2.16. The van der Waals surface area contributed by atoms with Crippen molar-refractivity contribution in [3.63, 3.8) is 0 Å². The van der Waals surface area contributed by atoms with E-state index >= 15 is 0 Å². The van der Waals surface area contributed by atoms with Crippen molar-refractivity contribution in [3.8, 4) is 0 Å². The van der Waals surface area contributed by atoms with Gasteiger partial charge in [0.05, 0.1) is 17.2 Å². The molecule has 0 N–H and O–H groups in total. The summed E-state index contributed by atoms with van der Waals surface area (Å²) in [6.07, 6.45) is 5.12. The van der Waals surface area contributed by atoms with Gasteiger partial charge in [0.2, 0.25) is 5.91 Å². The second-order valence-electron chi connectivity index (χ2n) is 5.85. The molecule has 2 heterocycles. The maximum Gasteiger partial charge on any atom is 0.222 e. The number of hydrogen-bond donors (Lipinski definition) is 0. The van der Waals surface area contributed by atoms with Gasteiger partial charge in [-0.3, -0.25) is 4.79 Å². The average molecular weight is 320 g/mol. The summed E-state index contributed by atoms with van der Waals surface area (Å²) in [6, 6.07) is 0. The Kier molecular flexibility index (Phi) is 5.71. The Morgan fingerprint density at radius 1 is 1.45 bits per heavy atom. The number of imidazole rings is 1. The summed E-state index contributed by atoms with van der Waals surface area (Å²) in [5, 5.41) is 3.18. The minimum Gasteiger partial charge on any atom is -0.340 e. The van der Waals surface area contributed by atoms with Crippen LogP contribution in [0.4, 0.5) is 0 Å². The quantitative estimate of drug-likeness (QED) is 0.787. The van der Waals surface area contributed by atoms with E-state index in [1.54, 1.807) is 22.4 Å². The lowest BCUT2D eigenvalue weighted by atomic mass is 10.2. The molecular weight excluding hydrogens is 296 g/mol. The third kappa shape index (κ3) is 4.40. The normalized spacial score (nSPS) is 11.1. The zero-order chi connectivity index (χ0) is 16.1. The molecule has 0 aliphatic heterocycles. The van der Waals surface area contributed by atoms with Gasteiger partial charge in [0.15, 0.2) is 0 Å². The summed E-state index contributed by atoms with van der Waals surface area (Å²) in [6.45, 7) is 7.67. The van der Waals surface area contributed by atoms with Crippen molar-refractivity contribution in [2.45, 2.75) is 52.6 Å². The molecular formula is C16H24N4OS. The minimum absolute atomic E-state index is 0.164. The number of amides is 1. The minimum atomic E-state index is 0.164. The number of carbonyl (C=O) groups is 1. The van der Waals surface area contributed by atoms with Crippen LogP contribution in [-0.2, 0) is 17.9 Å². The lowest BCUT2D eigenvalue weighted by Crippen LogP contribution is -2.26. The van der Waals surface area contributed by atoms with Crippen LogP contribution in [0.15, 0.2) is 17.8 Å². The molecule has 0 saturated carbocycles. The van der Waals surface area contributed by atoms with E-state index in [9.17, 15) is 4.79 Å². The van der Waals surface area contributed by atoms with E-state index in [1.807, 2.05) is 25.5 Å². The molecule has 2 rings (SSSR count). The molecule has 0 aromatic carbocycles. The molecule has 1 amide bonds. The Morgan fingerprint density at radius 3 is 2.82 bits per heavy atom. The highest BCUT2D eigenvalue weighted by molar-refractivity contribution is 7.09. The number of carbonyl (C=O) groups excluding carboxylic acids is 1. The van der Waals surface area contributed by atoms with Gasteiger partial charge in [-0.2, -0.15) is 0 Å². The molecule has 120 valence electrons. The predicted molar refractivity (Wildman–Crippen MR) is 88.9 cm³/mol. The molecule has 22 heavy (non-hydrogen) atoms. The van der Waals surface area contributed by atoms with Crippen molar-refractivity contribution >= 4 is 17.2 Å². The lowest BCUT2D eigenvalue weighted by molar-refractivity contribution is -0.130. The standard InChI is InChI=1S/C16H24N4OS/c1-12(2)16-18-14(11-22-16)10-19(4)15(21)6-5-8-20-9-7-17-13(20)3/h7,9,11-12H,5-6,8,10H2,1-4H3. The second kappa shape index (κ2) is 7.54. The molecule has 6 heteroatoms. The van der Waals surface area contributed by atoms with Gasteiger partial charge in [0.1, 0.15) is 5.82 Å². The van der Waals surface area contributed by atoms with E-state index in [1.165, 1.54) is 0 Å². The number of thiazole rings is 1.